The van der Waals surface area contributed by atoms with Crippen LogP contribution >= 0.6 is 0 Å². The van der Waals surface area contributed by atoms with Gasteiger partial charge in [0.15, 0.2) is 0 Å². The van der Waals surface area contributed by atoms with E-state index in [1.807, 2.05) is 54.6 Å². The first-order chi connectivity index (χ1) is 12.3. The highest BCUT2D eigenvalue weighted by Crippen LogP contribution is 2.21. The number of rotatable bonds is 4. The molecule has 0 fully saturated rings. The second-order valence-electron chi connectivity index (χ2n) is 5.53. The molecule has 0 aliphatic carbocycles. The molecule has 5 heteroatoms. The third-order valence-corrected chi connectivity index (χ3v) is 3.75. The summed E-state index contributed by atoms with van der Waals surface area (Å²) in [5, 5.41) is 3.85. The first kappa shape index (κ1) is 15.0. The van der Waals surface area contributed by atoms with E-state index in [1.54, 1.807) is 18.5 Å². The van der Waals surface area contributed by atoms with Gasteiger partial charge in [0.1, 0.15) is 17.2 Å². The summed E-state index contributed by atoms with van der Waals surface area (Å²) in [5.74, 6) is 1.17. The Bertz CT molecular complexity index is 1010. The van der Waals surface area contributed by atoms with E-state index in [9.17, 15) is 4.79 Å². The van der Waals surface area contributed by atoms with Gasteiger partial charge in [-0.3, -0.25) is 4.79 Å². The van der Waals surface area contributed by atoms with Crippen LogP contribution < -0.4 is 5.32 Å². The van der Waals surface area contributed by atoms with Crippen LogP contribution in [0.3, 0.4) is 0 Å². The molecule has 0 bridgehead atoms. The normalized spacial score (nSPS) is 11.2. The van der Waals surface area contributed by atoms with Crippen LogP contribution in [0.5, 0.6) is 0 Å². The van der Waals surface area contributed by atoms with Crippen LogP contribution in [0.4, 0.5) is 5.69 Å². The summed E-state index contributed by atoms with van der Waals surface area (Å²) >= 11 is 0. The third-order valence-electron chi connectivity index (χ3n) is 3.75. The number of nitrogens with zero attached hydrogens (tertiary/aromatic N) is 1. The Balaban J connectivity index is 1.47. The van der Waals surface area contributed by atoms with Crippen molar-refractivity contribution in [2.24, 2.45) is 0 Å². The summed E-state index contributed by atoms with van der Waals surface area (Å²) in [7, 11) is 0. The summed E-state index contributed by atoms with van der Waals surface area (Å²) in [5.41, 5.74) is 2.41. The van der Waals surface area contributed by atoms with Crippen molar-refractivity contribution in [1.82, 2.24) is 9.97 Å². The van der Waals surface area contributed by atoms with Gasteiger partial charge >= 0.3 is 0 Å². The number of carbonyl (C=O) groups is 1. The largest absolute Gasteiger partial charge is 0.457 e. The van der Waals surface area contributed by atoms with Crippen molar-refractivity contribution in [3.05, 3.63) is 78.8 Å². The minimum atomic E-state index is -0.225. The van der Waals surface area contributed by atoms with Crippen molar-refractivity contribution in [1.29, 1.82) is 0 Å². The standard InChI is InChI=1S/C20H15N3O2/c24-19(9-8-17-13-14-4-1-2-7-18(14)25-17)23-16-6-3-5-15(12-16)20-21-10-11-22-20/h1-13H,(H,21,22)(H,23,24)/b9-8+. The molecule has 0 atom stereocenters. The number of imidazole rings is 1. The summed E-state index contributed by atoms with van der Waals surface area (Å²) < 4.78 is 5.66. The highest BCUT2D eigenvalue weighted by atomic mass is 16.3. The van der Waals surface area contributed by atoms with Gasteiger partial charge < -0.3 is 14.7 Å². The molecule has 2 aromatic heterocycles. The highest BCUT2D eigenvalue weighted by Gasteiger charge is 2.04. The SMILES string of the molecule is O=C(/C=C/c1cc2ccccc2o1)Nc1cccc(-c2ncc[nH]2)c1. The van der Waals surface area contributed by atoms with E-state index in [2.05, 4.69) is 15.3 Å². The number of aromatic nitrogens is 2. The molecule has 0 aliphatic rings. The molecular weight excluding hydrogens is 314 g/mol. The van der Waals surface area contributed by atoms with E-state index in [-0.39, 0.29) is 5.91 Å². The molecule has 122 valence electrons. The number of hydrogen-bond donors (Lipinski definition) is 2. The lowest BCUT2D eigenvalue weighted by atomic mass is 10.2. The average molecular weight is 329 g/mol. The Morgan fingerprint density at radius 2 is 2.04 bits per heavy atom. The maximum atomic E-state index is 12.1. The monoisotopic (exact) mass is 329 g/mol. The molecule has 0 radical (unpaired) electrons. The number of fused-ring (bicyclic) bond motifs is 1. The van der Waals surface area contributed by atoms with E-state index in [0.717, 1.165) is 22.4 Å². The summed E-state index contributed by atoms with van der Waals surface area (Å²) in [6.45, 7) is 0. The van der Waals surface area contributed by atoms with E-state index in [4.69, 9.17) is 4.42 Å². The molecule has 0 saturated carbocycles. The lowest BCUT2D eigenvalue weighted by Gasteiger charge is -2.04. The molecule has 2 aromatic carbocycles. The van der Waals surface area contributed by atoms with E-state index in [0.29, 0.717) is 11.4 Å². The Morgan fingerprint density at radius 1 is 1.12 bits per heavy atom. The average Bonchev–Trinajstić information content (AvgIpc) is 3.29. The van der Waals surface area contributed by atoms with Gasteiger partial charge in [-0.25, -0.2) is 4.98 Å². The number of para-hydroxylation sites is 1. The van der Waals surface area contributed by atoms with Gasteiger partial charge in [0.2, 0.25) is 5.91 Å². The van der Waals surface area contributed by atoms with Crippen molar-refractivity contribution in [2.75, 3.05) is 5.32 Å². The number of H-pyrrole nitrogens is 1. The Hall–Kier alpha value is -3.60. The highest BCUT2D eigenvalue weighted by molar-refractivity contribution is 6.02. The summed E-state index contributed by atoms with van der Waals surface area (Å²) in [4.78, 5) is 19.4. The van der Waals surface area contributed by atoms with Gasteiger partial charge in [0.25, 0.3) is 0 Å². The Labute approximate surface area is 144 Å². The van der Waals surface area contributed by atoms with Crippen LogP contribution in [-0.2, 0) is 4.79 Å². The molecule has 0 spiro atoms. The number of aromatic amines is 1. The fraction of sp³-hybridized carbons (Fsp3) is 0. The number of carbonyl (C=O) groups excluding carboxylic acids is 1. The van der Waals surface area contributed by atoms with Crippen molar-refractivity contribution < 1.29 is 9.21 Å². The van der Waals surface area contributed by atoms with Gasteiger partial charge in [-0.2, -0.15) is 0 Å². The zero-order valence-corrected chi connectivity index (χ0v) is 13.3. The van der Waals surface area contributed by atoms with Crippen molar-refractivity contribution in [3.63, 3.8) is 0 Å². The number of nitrogens with one attached hydrogen (secondary N) is 2. The molecule has 0 unspecified atom stereocenters. The molecule has 5 nitrogen and oxygen atoms in total. The maximum Gasteiger partial charge on any atom is 0.248 e. The van der Waals surface area contributed by atoms with Crippen molar-refractivity contribution in [3.8, 4) is 11.4 Å². The fourth-order valence-corrected chi connectivity index (χ4v) is 2.59. The van der Waals surface area contributed by atoms with E-state index < -0.39 is 0 Å². The van der Waals surface area contributed by atoms with Gasteiger partial charge in [-0.05, 0) is 30.3 Å². The molecular formula is C20H15N3O2. The number of furan rings is 1. The zero-order valence-electron chi connectivity index (χ0n) is 13.3. The molecule has 0 saturated heterocycles. The Morgan fingerprint density at radius 3 is 2.88 bits per heavy atom. The molecule has 4 rings (SSSR count). The van der Waals surface area contributed by atoms with Crippen LogP contribution in [0, 0.1) is 0 Å². The van der Waals surface area contributed by atoms with Crippen LogP contribution in [0.25, 0.3) is 28.4 Å². The quantitative estimate of drug-likeness (QED) is 0.542. The van der Waals surface area contributed by atoms with Crippen LogP contribution in [-0.4, -0.2) is 15.9 Å². The smallest absolute Gasteiger partial charge is 0.248 e. The minimum Gasteiger partial charge on any atom is -0.457 e. The van der Waals surface area contributed by atoms with Gasteiger partial charge in [-0.15, -0.1) is 0 Å². The predicted molar refractivity (Wildman–Crippen MR) is 97.9 cm³/mol. The van der Waals surface area contributed by atoms with Crippen LogP contribution in [0.2, 0.25) is 0 Å². The second-order valence-corrected chi connectivity index (χ2v) is 5.53. The summed E-state index contributed by atoms with van der Waals surface area (Å²) in [6, 6.07) is 17.1. The van der Waals surface area contributed by atoms with Gasteiger partial charge in [-0.1, -0.05) is 30.3 Å². The van der Waals surface area contributed by atoms with Crippen molar-refractivity contribution >= 4 is 28.6 Å². The van der Waals surface area contributed by atoms with Gasteiger partial charge in [0.05, 0.1) is 0 Å². The number of anilines is 1. The maximum absolute atomic E-state index is 12.1. The molecule has 25 heavy (non-hydrogen) atoms. The van der Waals surface area contributed by atoms with Crippen LogP contribution in [0.15, 0.2) is 77.5 Å². The first-order valence-corrected chi connectivity index (χ1v) is 7.85. The number of amides is 1. The topological polar surface area (TPSA) is 70.9 Å². The lowest BCUT2D eigenvalue weighted by Crippen LogP contribution is -2.07. The molecule has 0 aliphatic heterocycles. The molecule has 2 N–H and O–H groups in total. The minimum absolute atomic E-state index is 0.225. The van der Waals surface area contributed by atoms with Crippen molar-refractivity contribution in [2.45, 2.75) is 0 Å². The zero-order chi connectivity index (χ0) is 17.1. The number of benzene rings is 2. The fourth-order valence-electron chi connectivity index (χ4n) is 2.59. The lowest BCUT2D eigenvalue weighted by molar-refractivity contribution is -0.111. The Kier molecular flexibility index (Phi) is 3.88. The third kappa shape index (κ3) is 3.35. The first-order valence-electron chi connectivity index (χ1n) is 7.85. The predicted octanol–water partition coefficient (Wildman–Crippen LogP) is 4.47. The molecule has 2 heterocycles. The second kappa shape index (κ2) is 6.49. The van der Waals surface area contributed by atoms with Gasteiger partial charge in [0, 0.05) is 35.1 Å². The van der Waals surface area contributed by atoms with Crippen LogP contribution in [0.1, 0.15) is 5.76 Å². The van der Waals surface area contributed by atoms with E-state index >= 15 is 0 Å². The number of hydrogen-bond acceptors (Lipinski definition) is 3. The molecule has 4 aromatic rings. The molecule has 1 amide bonds. The van der Waals surface area contributed by atoms with E-state index in [1.165, 1.54) is 6.08 Å². The summed E-state index contributed by atoms with van der Waals surface area (Å²) in [6.07, 6.45) is 6.57.